The van der Waals surface area contributed by atoms with E-state index in [1.165, 1.54) is 0 Å². The Morgan fingerprint density at radius 3 is 0.837 bits per heavy atom. The molecule has 0 aliphatic heterocycles. The maximum Gasteiger partial charge on any atom is 0.122 e. The fourth-order valence-corrected chi connectivity index (χ4v) is 4.14. The smallest absolute Gasteiger partial charge is 0.122 e. The summed E-state index contributed by atoms with van der Waals surface area (Å²) in [4.78, 5) is 25.3. The first-order valence-electron chi connectivity index (χ1n) is 14.6. The standard InChI is InChI=1S/3C12H12N2O2.Co/c1-15-9-3-5-13-11(7-9)12-8-10(16-2)4-6-14-12;2*1-16-10-3-5-14-12(7-10)11-6-9(8-15)2-4-13-11;/h3-8H,1-2H3;2*2-7,15H,8H2,1H3;. The SMILES string of the molecule is COc1ccnc(-c2cc(CO)ccn2)c1.COc1ccnc(-c2cc(CO)ccn2)c1.COc1ccnc(-c2cc(OC)ccn2)c1.[Co]. The van der Waals surface area contributed by atoms with Gasteiger partial charge in [-0.25, -0.2) is 0 Å². The van der Waals surface area contributed by atoms with Gasteiger partial charge in [0.1, 0.15) is 23.0 Å². The number of aromatic nitrogens is 6. The van der Waals surface area contributed by atoms with Crippen LogP contribution in [0, 0.1) is 0 Å². The van der Waals surface area contributed by atoms with Crippen molar-refractivity contribution in [2.75, 3.05) is 28.4 Å². The van der Waals surface area contributed by atoms with Crippen LogP contribution in [0.15, 0.2) is 110 Å². The zero-order valence-electron chi connectivity index (χ0n) is 27.4. The molecule has 2 N–H and O–H groups in total. The molecule has 49 heavy (non-hydrogen) atoms. The minimum absolute atomic E-state index is 0. The molecule has 0 saturated heterocycles. The van der Waals surface area contributed by atoms with Crippen LogP contribution in [0.3, 0.4) is 0 Å². The predicted molar refractivity (Wildman–Crippen MR) is 180 cm³/mol. The van der Waals surface area contributed by atoms with Gasteiger partial charge in [-0.3, -0.25) is 29.9 Å². The molecule has 6 rings (SSSR count). The minimum Gasteiger partial charge on any atom is -0.497 e. The normalized spacial score (nSPS) is 9.84. The van der Waals surface area contributed by atoms with Crippen LogP contribution in [0.2, 0.25) is 0 Å². The second kappa shape index (κ2) is 20.0. The van der Waals surface area contributed by atoms with Crippen LogP contribution in [0.1, 0.15) is 11.1 Å². The molecule has 13 heteroatoms. The van der Waals surface area contributed by atoms with Gasteiger partial charge in [-0.05, 0) is 59.7 Å². The molecule has 1 radical (unpaired) electrons. The van der Waals surface area contributed by atoms with Crippen LogP contribution in [0.4, 0.5) is 0 Å². The average Bonchev–Trinajstić information content (AvgIpc) is 3.18. The number of rotatable bonds is 9. The van der Waals surface area contributed by atoms with E-state index in [1.54, 1.807) is 102 Å². The van der Waals surface area contributed by atoms with Crippen molar-refractivity contribution < 1.29 is 45.9 Å². The first-order chi connectivity index (χ1) is 23.5. The number of pyridine rings is 6. The van der Waals surface area contributed by atoms with E-state index in [2.05, 4.69) is 29.9 Å². The molecule has 0 bridgehead atoms. The summed E-state index contributed by atoms with van der Waals surface area (Å²) in [5.74, 6) is 2.99. The maximum absolute atomic E-state index is 9.04. The van der Waals surface area contributed by atoms with E-state index >= 15 is 0 Å². The van der Waals surface area contributed by atoms with Crippen molar-refractivity contribution >= 4 is 0 Å². The van der Waals surface area contributed by atoms with Crippen LogP contribution in [0.5, 0.6) is 23.0 Å². The summed E-state index contributed by atoms with van der Waals surface area (Å²) >= 11 is 0. The van der Waals surface area contributed by atoms with Crippen molar-refractivity contribution in [3.05, 3.63) is 121 Å². The maximum atomic E-state index is 9.04. The van der Waals surface area contributed by atoms with E-state index in [1.807, 2.05) is 36.4 Å². The second-order valence-corrected chi connectivity index (χ2v) is 9.74. The van der Waals surface area contributed by atoms with E-state index in [0.717, 1.165) is 68.3 Å². The van der Waals surface area contributed by atoms with Gasteiger partial charge in [0.25, 0.3) is 0 Å². The van der Waals surface area contributed by atoms with Gasteiger partial charge < -0.3 is 29.2 Å². The van der Waals surface area contributed by atoms with Gasteiger partial charge in [0.05, 0.1) is 75.8 Å². The molecule has 0 saturated carbocycles. The van der Waals surface area contributed by atoms with E-state index in [0.29, 0.717) is 0 Å². The molecular formula is C36H36CoN6O6. The third kappa shape index (κ3) is 11.3. The van der Waals surface area contributed by atoms with E-state index in [4.69, 9.17) is 29.2 Å². The fourth-order valence-electron chi connectivity index (χ4n) is 4.14. The number of methoxy groups -OCH3 is 4. The van der Waals surface area contributed by atoms with E-state index < -0.39 is 0 Å². The molecule has 6 aromatic rings. The van der Waals surface area contributed by atoms with Crippen molar-refractivity contribution in [3.63, 3.8) is 0 Å². The zero-order valence-corrected chi connectivity index (χ0v) is 28.4. The number of aliphatic hydroxyl groups is 2. The fraction of sp³-hybridized carbons (Fsp3) is 0.167. The summed E-state index contributed by atoms with van der Waals surface area (Å²) in [6.07, 6.45) is 10.0. The molecule has 0 aromatic carbocycles. The Morgan fingerprint density at radius 1 is 0.388 bits per heavy atom. The Kier molecular flexibility index (Phi) is 15.5. The molecule has 0 atom stereocenters. The molecule has 6 aromatic heterocycles. The average molecular weight is 708 g/mol. The molecule has 0 unspecified atom stereocenters. The Morgan fingerprint density at radius 2 is 0.612 bits per heavy atom. The first kappa shape index (κ1) is 38.0. The van der Waals surface area contributed by atoms with Gasteiger partial charge in [0, 0.05) is 78.2 Å². The monoisotopic (exact) mass is 707 g/mol. The summed E-state index contributed by atoms with van der Waals surface area (Å²) in [5, 5.41) is 18.1. The number of ether oxygens (including phenoxy) is 4. The number of aliphatic hydroxyl groups excluding tert-OH is 2. The molecule has 0 spiro atoms. The van der Waals surface area contributed by atoms with Crippen LogP contribution in [-0.4, -0.2) is 68.6 Å². The van der Waals surface area contributed by atoms with Gasteiger partial charge in [-0.15, -0.1) is 0 Å². The molecule has 0 fully saturated rings. The Labute approximate surface area is 295 Å². The molecule has 0 aliphatic carbocycles. The van der Waals surface area contributed by atoms with Gasteiger partial charge in [0.2, 0.25) is 0 Å². The Balaban J connectivity index is 0.000000197. The molecule has 6 heterocycles. The van der Waals surface area contributed by atoms with Gasteiger partial charge in [0.15, 0.2) is 0 Å². The van der Waals surface area contributed by atoms with Crippen LogP contribution < -0.4 is 18.9 Å². The number of nitrogens with zero attached hydrogens (tertiary/aromatic N) is 6. The second-order valence-electron chi connectivity index (χ2n) is 9.74. The molecular weight excluding hydrogens is 671 g/mol. The van der Waals surface area contributed by atoms with Gasteiger partial charge >= 0.3 is 0 Å². The topological polar surface area (TPSA) is 155 Å². The van der Waals surface area contributed by atoms with Crippen molar-refractivity contribution in [1.82, 2.24) is 29.9 Å². The van der Waals surface area contributed by atoms with Crippen LogP contribution in [0.25, 0.3) is 34.2 Å². The Hall–Kier alpha value is -5.47. The zero-order chi connectivity index (χ0) is 34.1. The molecule has 0 amide bonds. The summed E-state index contributed by atoms with van der Waals surface area (Å²) in [7, 11) is 6.46. The van der Waals surface area contributed by atoms with Crippen molar-refractivity contribution in [2.24, 2.45) is 0 Å². The van der Waals surface area contributed by atoms with E-state index in [9.17, 15) is 0 Å². The predicted octanol–water partition coefficient (Wildman–Crippen LogP) is 5.45. The summed E-state index contributed by atoms with van der Waals surface area (Å²) in [6.45, 7) is -0.00101. The van der Waals surface area contributed by atoms with Crippen LogP contribution in [-0.2, 0) is 30.0 Å². The molecule has 0 aliphatic rings. The summed E-state index contributed by atoms with van der Waals surface area (Å²) < 4.78 is 20.5. The van der Waals surface area contributed by atoms with Gasteiger partial charge in [-0.1, -0.05) is 0 Å². The van der Waals surface area contributed by atoms with Gasteiger partial charge in [-0.2, -0.15) is 0 Å². The first-order valence-corrected chi connectivity index (χ1v) is 14.6. The third-order valence-corrected chi connectivity index (χ3v) is 6.67. The Bertz CT molecular complexity index is 1540. The quantitative estimate of drug-likeness (QED) is 0.197. The summed E-state index contributed by atoms with van der Waals surface area (Å²) in [5.41, 5.74) is 6.07. The largest absolute Gasteiger partial charge is 0.497 e. The number of hydrogen-bond acceptors (Lipinski definition) is 12. The van der Waals surface area contributed by atoms with Crippen molar-refractivity contribution in [2.45, 2.75) is 13.2 Å². The minimum atomic E-state index is -0.000507. The van der Waals surface area contributed by atoms with Crippen LogP contribution >= 0.6 is 0 Å². The molecule has 255 valence electrons. The third-order valence-electron chi connectivity index (χ3n) is 6.67. The van der Waals surface area contributed by atoms with E-state index in [-0.39, 0.29) is 30.0 Å². The number of hydrogen-bond donors (Lipinski definition) is 2. The molecule has 12 nitrogen and oxygen atoms in total. The van der Waals surface area contributed by atoms with Crippen molar-refractivity contribution in [3.8, 4) is 57.2 Å². The summed E-state index contributed by atoms with van der Waals surface area (Å²) in [6, 6.07) is 21.6. The van der Waals surface area contributed by atoms with Crippen molar-refractivity contribution in [1.29, 1.82) is 0 Å².